The fraction of sp³-hybridized carbons (Fsp3) is 0.250. The predicted octanol–water partition coefficient (Wildman–Crippen LogP) is 3.74. The number of carbonyl (C=O) groups is 1. The van der Waals surface area contributed by atoms with Crippen molar-refractivity contribution in [3.05, 3.63) is 70.8 Å². The molecule has 0 unspecified atom stereocenters. The minimum atomic E-state index is -0.499. The van der Waals surface area contributed by atoms with Crippen molar-refractivity contribution in [2.45, 2.75) is 37.2 Å². The Balaban J connectivity index is 1.68. The molecule has 0 saturated heterocycles. The van der Waals surface area contributed by atoms with Crippen molar-refractivity contribution >= 4 is 23.4 Å². The fourth-order valence-electron chi connectivity index (χ4n) is 3.17. The number of rotatable bonds is 3. The van der Waals surface area contributed by atoms with Crippen LogP contribution in [0, 0.1) is 26.6 Å². The fourth-order valence-corrected chi connectivity index (χ4v) is 4.30. The first-order valence-electron chi connectivity index (χ1n) is 8.92. The first-order valence-corrected chi connectivity index (χ1v) is 9.80. The molecule has 2 N–H and O–H groups in total. The summed E-state index contributed by atoms with van der Waals surface area (Å²) in [6.07, 6.45) is 0. The maximum Gasteiger partial charge on any atom is 0.240 e. The van der Waals surface area contributed by atoms with Gasteiger partial charge in [0.2, 0.25) is 11.1 Å². The maximum absolute atomic E-state index is 13.4. The Bertz CT molecular complexity index is 1030. The molecule has 2 aromatic carbocycles. The van der Waals surface area contributed by atoms with Crippen molar-refractivity contribution in [3.63, 3.8) is 0 Å². The first kappa shape index (κ1) is 18.5. The van der Waals surface area contributed by atoms with E-state index in [1.165, 1.54) is 23.9 Å². The SMILES string of the molecule is Cc1cccc(NC(=O)[C@H]2Sc3nnc(C)n3N[C@@H]2c2ccc(F)cc2)c1C. The topological polar surface area (TPSA) is 71.8 Å². The quantitative estimate of drug-likeness (QED) is 0.704. The lowest BCUT2D eigenvalue weighted by Crippen LogP contribution is -2.41. The smallest absolute Gasteiger partial charge is 0.240 e. The van der Waals surface area contributed by atoms with Crippen molar-refractivity contribution in [1.82, 2.24) is 14.9 Å². The van der Waals surface area contributed by atoms with Crippen LogP contribution in [0.25, 0.3) is 0 Å². The third-order valence-corrected chi connectivity index (χ3v) is 6.16. The van der Waals surface area contributed by atoms with E-state index in [2.05, 4.69) is 20.9 Å². The Morgan fingerprint density at radius 1 is 1.14 bits per heavy atom. The van der Waals surface area contributed by atoms with Gasteiger partial charge in [-0.05, 0) is 55.7 Å². The van der Waals surface area contributed by atoms with E-state index in [1.807, 2.05) is 39.0 Å². The molecule has 0 bridgehead atoms. The number of fused-ring (bicyclic) bond motifs is 1. The van der Waals surface area contributed by atoms with Gasteiger partial charge in [0, 0.05) is 5.69 Å². The molecule has 3 aromatic rings. The van der Waals surface area contributed by atoms with Crippen molar-refractivity contribution in [2.24, 2.45) is 0 Å². The highest BCUT2D eigenvalue weighted by molar-refractivity contribution is 8.00. The summed E-state index contributed by atoms with van der Waals surface area (Å²) in [5, 5.41) is 11.4. The lowest BCUT2D eigenvalue weighted by Gasteiger charge is -2.32. The predicted molar refractivity (Wildman–Crippen MR) is 107 cm³/mol. The standard InChI is InChI=1S/C20H20FN5OS/c1-11-5-4-6-16(12(11)2)22-19(27)18-17(14-7-9-15(21)10-8-14)25-26-13(3)23-24-20(26)28-18/h4-10,17-18,25H,1-3H3,(H,22,27)/t17-,18+/m1/s1. The van der Waals surface area contributed by atoms with E-state index in [0.29, 0.717) is 11.0 Å². The molecule has 8 heteroatoms. The van der Waals surface area contributed by atoms with Crippen molar-refractivity contribution in [1.29, 1.82) is 0 Å². The molecule has 2 heterocycles. The number of nitrogens with zero attached hydrogens (tertiary/aromatic N) is 3. The van der Waals surface area contributed by atoms with Gasteiger partial charge in [-0.15, -0.1) is 10.2 Å². The van der Waals surface area contributed by atoms with Gasteiger partial charge in [-0.25, -0.2) is 9.07 Å². The average molecular weight is 397 g/mol. The molecule has 4 rings (SSSR count). The Morgan fingerprint density at radius 3 is 2.64 bits per heavy atom. The van der Waals surface area contributed by atoms with Crippen molar-refractivity contribution in [3.8, 4) is 0 Å². The second-order valence-electron chi connectivity index (χ2n) is 6.80. The molecular weight excluding hydrogens is 377 g/mol. The van der Waals surface area contributed by atoms with E-state index in [1.54, 1.807) is 16.8 Å². The van der Waals surface area contributed by atoms with Gasteiger partial charge in [0.1, 0.15) is 16.9 Å². The first-order chi connectivity index (χ1) is 13.4. The number of hydrogen-bond donors (Lipinski definition) is 2. The Kier molecular flexibility index (Phi) is 4.80. The highest BCUT2D eigenvalue weighted by atomic mass is 32.2. The number of hydrogen-bond acceptors (Lipinski definition) is 5. The number of aryl methyl sites for hydroxylation is 2. The van der Waals surface area contributed by atoms with Crippen LogP contribution >= 0.6 is 11.8 Å². The number of halogens is 1. The number of aromatic nitrogens is 3. The number of benzene rings is 2. The second kappa shape index (κ2) is 7.27. The Hall–Kier alpha value is -2.87. The van der Waals surface area contributed by atoms with E-state index in [9.17, 15) is 9.18 Å². The molecular formula is C20H20FN5OS. The zero-order chi connectivity index (χ0) is 19.8. The summed E-state index contributed by atoms with van der Waals surface area (Å²) in [5.74, 6) is 0.236. The summed E-state index contributed by atoms with van der Waals surface area (Å²) in [7, 11) is 0. The minimum absolute atomic E-state index is 0.146. The van der Waals surface area contributed by atoms with Crippen LogP contribution in [0.15, 0.2) is 47.6 Å². The summed E-state index contributed by atoms with van der Waals surface area (Å²) in [5.41, 5.74) is 7.05. The van der Waals surface area contributed by atoms with Crippen LogP contribution in [0.1, 0.15) is 28.6 Å². The molecule has 0 aliphatic carbocycles. The van der Waals surface area contributed by atoms with Crippen LogP contribution in [0.5, 0.6) is 0 Å². The van der Waals surface area contributed by atoms with Gasteiger partial charge >= 0.3 is 0 Å². The van der Waals surface area contributed by atoms with E-state index in [-0.39, 0.29) is 17.8 Å². The zero-order valence-corrected chi connectivity index (χ0v) is 16.5. The van der Waals surface area contributed by atoms with Crippen molar-refractivity contribution < 1.29 is 9.18 Å². The number of amides is 1. The van der Waals surface area contributed by atoms with Gasteiger partial charge in [-0.1, -0.05) is 36.0 Å². The van der Waals surface area contributed by atoms with E-state index < -0.39 is 5.25 Å². The summed E-state index contributed by atoms with van der Waals surface area (Å²) >= 11 is 1.34. The summed E-state index contributed by atoms with van der Waals surface area (Å²) in [4.78, 5) is 13.2. The highest BCUT2D eigenvalue weighted by Gasteiger charge is 2.37. The van der Waals surface area contributed by atoms with Gasteiger partial charge in [-0.3, -0.25) is 4.79 Å². The van der Waals surface area contributed by atoms with Crippen LogP contribution in [0.3, 0.4) is 0 Å². The number of carbonyl (C=O) groups excluding carboxylic acids is 1. The summed E-state index contributed by atoms with van der Waals surface area (Å²) in [6, 6.07) is 11.6. The van der Waals surface area contributed by atoms with E-state index >= 15 is 0 Å². The van der Waals surface area contributed by atoms with Crippen molar-refractivity contribution in [2.75, 3.05) is 10.7 Å². The van der Waals surface area contributed by atoms with Crippen LogP contribution < -0.4 is 10.7 Å². The van der Waals surface area contributed by atoms with Gasteiger partial charge in [0.25, 0.3) is 0 Å². The number of anilines is 1. The molecule has 1 aliphatic rings. The summed E-state index contributed by atoms with van der Waals surface area (Å²) in [6.45, 7) is 5.82. The minimum Gasteiger partial charge on any atom is -0.325 e. The molecule has 0 fully saturated rings. The van der Waals surface area contributed by atoms with Crippen LogP contribution in [0.2, 0.25) is 0 Å². The largest absolute Gasteiger partial charge is 0.325 e. The molecule has 0 saturated carbocycles. The maximum atomic E-state index is 13.4. The Labute approximate surface area is 166 Å². The van der Waals surface area contributed by atoms with Gasteiger partial charge in [0.05, 0.1) is 6.04 Å². The molecule has 0 spiro atoms. The molecule has 28 heavy (non-hydrogen) atoms. The molecule has 0 radical (unpaired) electrons. The van der Waals surface area contributed by atoms with Crippen LogP contribution in [-0.4, -0.2) is 26.0 Å². The van der Waals surface area contributed by atoms with E-state index in [0.717, 1.165) is 22.4 Å². The van der Waals surface area contributed by atoms with Gasteiger partial charge in [-0.2, -0.15) is 0 Å². The number of thioether (sulfide) groups is 1. The number of nitrogens with one attached hydrogen (secondary N) is 2. The molecule has 2 atom stereocenters. The van der Waals surface area contributed by atoms with Crippen LogP contribution in [-0.2, 0) is 4.79 Å². The Morgan fingerprint density at radius 2 is 1.89 bits per heavy atom. The molecule has 6 nitrogen and oxygen atoms in total. The molecule has 1 aromatic heterocycles. The monoisotopic (exact) mass is 397 g/mol. The van der Waals surface area contributed by atoms with Gasteiger partial charge in [0.15, 0.2) is 0 Å². The lowest BCUT2D eigenvalue weighted by molar-refractivity contribution is -0.116. The third kappa shape index (κ3) is 3.35. The normalized spacial score (nSPS) is 18.3. The third-order valence-electron chi connectivity index (χ3n) is 4.95. The molecule has 1 amide bonds. The highest BCUT2D eigenvalue weighted by Crippen LogP contribution is 2.37. The van der Waals surface area contributed by atoms with Crippen LogP contribution in [0.4, 0.5) is 10.1 Å². The summed E-state index contributed by atoms with van der Waals surface area (Å²) < 4.78 is 15.2. The van der Waals surface area contributed by atoms with E-state index in [4.69, 9.17) is 0 Å². The van der Waals surface area contributed by atoms with Gasteiger partial charge < -0.3 is 10.7 Å². The second-order valence-corrected chi connectivity index (χ2v) is 7.91. The zero-order valence-electron chi connectivity index (χ0n) is 15.7. The lowest BCUT2D eigenvalue weighted by atomic mass is 10.0. The average Bonchev–Trinajstić information content (AvgIpc) is 3.05. The molecule has 1 aliphatic heterocycles. The molecule has 144 valence electrons.